The van der Waals surface area contributed by atoms with Crippen molar-refractivity contribution in [2.24, 2.45) is 0 Å². The fraction of sp³-hybridized carbons (Fsp3) is 0.0952. The Hall–Kier alpha value is -3.07. The number of aryl methyl sites for hydroxylation is 1. The van der Waals surface area contributed by atoms with Gasteiger partial charge in [0.2, 0.25) is 0 Å². The molecule has 24 heavy (non-hydrogen) atoms. The molecule has 0 aliphatic carbocycles. The molecule has 0 spiro atoms. The minimum atomic E-state index is 0.861. The van der Waals surface area contributed by atoms with E-state index in [1.54, 1.807) is 7.11 Å². The summed E-state index contributed by atoms with van der Waals surface area (Å²) in [5.41, 5.74) is 5.85. The highest BCUT2D eigenvalue weighted by atomic mass is 16.5. The van der Waals surface area contributed by atoms with Gasteiger partial charge in [0.05, 0.1) is 13.3 Å². The number of hydrogen-bond acceptors (Lipinski definition) is 1. The predicted octanol–water partition coefficient (Wildman–Crippen LogP) is 4.20. The molecule has 2 aromatic carbocycles. The van der Waals surface area contributed by atoms with Crippen molar-refractivity contribution < 1.29 is 9.14 Å². The second-order valence-corrected chi connectivity index (χ2v) is 5.88. The second-order valence-electron chi connectivity index (χ2n) is 5.88. The van der Waals surface area contributed by atoms with E-state index in [0.717, 1.165) is 22.8 Å². The zero-order valence-corrected chi connectivity index (χ0v) is 13.8. The molecule has 0 saturated carbocycles. The molecule has 0 amide bonds. The van der Waals surface area contributed by atoms with Crippen LogP contribution in [-0.4, -0.2) is 11.7 Å². The molecule has 0 aliphatic rings. The Labute approximate surface area is 141 Å². The van der Waals surface area contributed by atoms with Crippen molar-refractivity contribution in [3.8, 4) is 22.7 Å². The van der Waals surface area contributed by atoms with E-state index in [4.69, 9.17) is 4.74 Å². The first-order chi connectivity index (χ1) is 11.8. The summed E-state index contributed by atoms with van der Waals surface area (Å²) in [6, 6.07) is 23.0. The van der Waals surface area contributed by atoms with Crippen LogP contribution in [0.2, 0.25) is 0 Å². The standard InChI is InChI=1S/C21H19N2O/c1-16-6-8-17(9-7-16)20-15-22-14-4-3-5-21(22)23(20)18-10-12-19(24-2)13-11-18/h3-15H,1-2H3/q+1. The maximum absolute atomic E-state index is 5.29. The predicted molar refractivity (Wildman–Crippen MR) is 95.7 cm³/mol. The average Bonchev–Trinajstić information content (AvgIpc) is 3.02. The molecule has 0 unspecified atom stereocenters. The largest absolute Gasteiger partial charge is 0.497 e. The van der Waals surface area contributed by atoms with E-state index in [2.05, 4.69) is 76.8 Å². The first kappa shape index (κ1) is 14.5. The van der Waals surface area contributed by atoms with Crippen LogP contribution in [0, 0.1) is 6.92 Å². The van der Waals surface area contributed by atoms with Gasteiger partial charge in [-0.2, -0.15) is 4.57 Å². The number of methoxy groups -OCH3 is 1. The maximum atomic E-state index is 5.29. The van der Waals surface area contributed by atoms with Crippen LogP contribution in [0.4, 0.5) is 0 Å². The third-order valence-corrected chi connectivity index (χ3v) is 4.28. The Bertz CT molecular complexity index is 983. The van der Waals surface area contributed by atoms with E-state index in [1.807, 2.05) is 18.2 Å². The lowest BCUT2D eigenvalue weighted by Crippen LogP contribution is -2.17. The van der Waals surface area contributed by atoms with E-state index in [0.29, 0.717) is 0 Å². The smallest absolute Gasteiger partial charge is 0.291 e. The summed E-state index contributed by atoms with van der Waals surface area (Å²) in [6.45, 7) is 2.11. The highest BCUT2D eigenvalue weighted by Gasteiger charge is 2.20. The highest BCUT2D eigenvalue weighted by molar-refractivity contribution is 5.66. The molecule has 0 N–H and O–H groups in total. The van der Waals surface area contributed by atoms with Gasteiger partial charge in [-0.05, 0) is 37.3 Å². The fourth-order valence-electron chi connectivity index (χ4n) is 2.99. The van der Waals surface area contributed by atoms with Gasteiger partial charge in [-0.25, -0.2) is 4.40 Å². The van der Waals surface area contributed by atoms with Crippen molar-refractivity contribution >= 4 is 5.65 Å². The van der Waals surface area contributed by atoms with E-state index in [-0.39, 0.29) is 0 Å². The van der Waals surface area contributed by atoms with Crippen LogP contribution in [-0.2, 0) is 0 Å². The summed E-state index contributed by atoms with van der Waals surface area (Å²) in [5.74, 6) is 0.861. The Kier molecular flexibility index (Phi) is 3.54. The number of nitrogens with zero attached hydrogens (tertiary/aromatic N) is 2. The molecule has 0 aliphatic heterocycles. The van der Waals surface area contributed by atoms with Gasteiger partial charge in [0, 0.05) is 11.6 Å². The van der Waals surface area contributed by atoms with E-state index >= 15 is 0 Å². The normalized spacial score (nSPS) is 10.9. The van der Waals surface area contributed by atoms with Gasteiger partial charge in [-0.3, -0.25) is 0 Å². The number of rotatable bonds is 3. The van der Waals surface area contributed by atoms with Crippen molar-refractivity contribution in [2.45, 2.75) is 6.92 Å². The summed E-state index contributed by atoms with van der Waals surface area (Å²) in [7, 11) is 1.69. The van der Waals surface area contributed by atoms with Gasteiger partial charge in [-0.1, -0.05) is 35.9 Å². The van der Waals surface area contributed by atoms with Crippen LogP contribution in [0.1, 0.15) is 5.56 Å². The summed E-state index contributed by atoms with van der Waals surface area (Å²) in [5, 5.41) is 0. The summed E-state index contributed by atoms with van der Waals surface area (Å²) < 4.78 is 9.71. The number of benzene rings is 2. The van der Waals surface area contributed by atoms with Crippen LogP contribution in [0.3, 0.4) is 0 Å². The van der Waals surface area contributed by atoms with Gasteiger partial charge in [0.25, 0.3) is 5.65 Å². The summed E-state index contributed by atoms with van der Waals surface area (Å²) in [6.07, 6.45) is 4.25. The molecule has 4 aromatic rings. The lowest BCUT2D eigenvalue weighted by Gasteiger charge is -2.05. The lowest BCUT2D eigenvalue weighted by molar-refractivity contribution is -0.510. The van der Waals surface area contributed by atoms with Gasteiger partial charge in [-0.15, -0.1) is 0 Å². The maximum Gasteiger partial charge on any atom is 0.291 e. The van der Waals surface area contributed by atoms with Crippen molar-refractivity contribution in [2.75, 3.05) is 7.11 Å². The first-order valence-corrected chi connectivity index (χ1v) is 7.99. The summed E-state index contributed by atoms with van der Waals surface area (Å²) >= 11 is 0. The Morgan fingerprint density at radius 3 is 2.33 bits per heavy atom. The number of pyridine rings is 1. The lowest BCUT2D eigenvalue weighted by atomic mass is 10.1. The van der Waals surface area contributed by atoms with Crippen LogP contribution in [0.15, 0.2) is 79.1 Å². The Balaban J connectivity index is 1.97. The van der Waals surface area contributed by atoms with E-state index < -0.39 is 0 Å². The third kappa shape index (κ3) is 2.44. The molecule has 4 rings (SSSR count). The van der Waals surface area contributed by atoms with Gasteiger partial charge < -0.3 is 4.74 Å². The Morgan fingerprint density at radius 1 is 0.875 bits per heavy atom. The molecule has 0 saturated heterocycles. The van der Waals surface area contributed by atoms with Crippen LogP contribution in [0.5, 0.6) is 5.75 Å². The molecule has 2 heterocycles. The van der Waals surface area contributed by atoms with Crippen molar-refractivity contribution in [3.63, 3.8) is 0 Å². The first-order valence-electron chi connectivity index (χ1n) is 7.99. The van der Waals surface area contributed by atoms with Crippen molar-refractivity contribution in [1.29, 1.82) is 0 Å². The van der Waals surface area contributed by atoms with Crippen LogP contribution >= 0.6 is 0 Å². The van der Waals surface area contributed by atoms with Gasteiger partial charge >= 0.3 is 0 Å². The minimum Gasteiger partial charge on any atom is -0.497 e. The van der Waals surface area contributed by atoms with Crippen LogP contribution in [0.25, 0.3) is 22.6 Å². The molecular formula is C21H19N2O+. The molecule has 0 bridgehead atoms. The number of imidazole rings is 1. The van der Waals surface area contributed by atoms with E-state index in [1.165, 1.54) is 11.1 Å². The molecule has 118 valence electrons. The van der Waals surface area contributed by atoms with E-state index in [9.17, 15) is 0 Å². The molecule has 0 atom stereocenters. The summed E-state index contributed by atoms with van der Waals surface area (Å²) in [4.78, 5) is 0. The zero-order valence-electron chi connectivity index (χ0n) is 13.8. The quantitative estimate of drug-likeness (QED) is 0.518. The zero-order chi connectivity index (χ0) is 16.5. The molecule has 3 heteroatoms. The van der Waals surface area contributed by atoms with Gasteiger partial charge in [0.15, 0.2) is 5.69 Å². The average molecular weight is 315 g/mol. The molecule has 2 aromatic heterocycles. The van der Waals surface area contributed by atoms with Crippen molar-refractivity contribution in [1.82, 2.24) is 4.57 Å². The number of hydrogen-bond donors (Lipinski definition) is 0. The molecule has 0 fully saturated rings. The monoisotopic (exact) mass is 315 g/mol. The number of ether oxygens (including phenoxy) is 1. The number of fused-ring (bicyclic) bond motifs is 1. The minimum absolute atomic E-state index is 0.861. The molecule has 3 nitrogen and oxygen atoms in total. The van der Waals surface area contributed by atoms with Crippen LogP contribution < -0.4 is 9.14 Å². The van der Waals surface area contributed by atoms with Gasteiger partial charge in [0.1, 0.15) is 17.6 Å². The molecular weight excluding hydrogens is 296 g/mol. The fourth-order valence-corrected chi connectivity index (χ4v) is 2.99. The SMILES string of the molecule is COc1ccc(-n2c(-c3ccc(C)cc3)c[n+]3ccccc23)cc1. The topological polar surface area (TPSA) is 18.3 Å². The number of aromatic nitrogens is 2. The Morgan fingerprint density at radius 2 is 1.62 bits per heavy atom. The van der Waals surface area contributed by atoms with Crippen molar-refractivity contribution in [3.05, 3.63) is 84.7 Å². The third-order valence-electron chi connectivity index (χ3n) is 4.28. The highest BCUT2D eigenvalue weighted by Crippen LogP contribution is 2.26. The second kappa shape index (κ2) is 5.85. The molecule has 0 radical (unpaired) electrons.